The summed E-state index contributed by atoms with van der Waals surface area (Å²) in [5.74, 6) is 0.755. The molecule has 1 heterocycles. The van der Waals surface area contributed by atoms with Crippen LogP contribution in [0.5, 0.6) is 0 Å². The number of nitrogens with zero attached hydrogens (tertiary/aromatic N) is 1. The van der Waals surface area contributed by atoms with E-state index in [4.69, 9.17) is 0 Å². The Morgan fingerprint density at radius 1 is 1.23 bits per heavy atom. The molecule has 5 heteroatoms. The van der Waals surface area contributed by atoms with E-state index in [9.17, 15) is 9.59 Å². The summed E-state index contributed by atoms with van der Waals surface area (Å²) < 4.78 is 4.58. The molecule has 1 atom stereocenters. The number of carbonyl (C=O) groups is 2. The third-order valence-corrected chi connectivity index (χ3v) is 4.80. The lowest BCUT2D eigenvalue weighted by Crippen LogP contribution is -2.42. The zero-order valence-corrected chi connectivity index (χ0v) is 12.9. The summed E-state index contributed by atoms with van der Waals surface area (Å²) in [7, 11) is 1.32. The molecule has 118 valence electrons. The zero-order valence-electron chi connectivity index (χ0n) is 12.9. The molecule has 1 aromatic rings. The van der Waals surface area contributed by atoms with Crippen molar-refractivity contribution in [3.05, 3.63) is 29.8 Å². The number of hydrogen-bond donors (Lipinski definition) is 1. The van der Waals surface area contributed by atoms with Crippen LogP contribution in [0.4, 0.5) is 10.5 Å². The molecule has 2 aliphatic rings. The number of hydrogen-bond acceptors (Lipinski definition) is 3. The van der Waals surface area contributed by atoms with E-state index < -0.39 is 6.09 Å². The molecule has 3 rings (SSSR count). The Hall–Kier alpha value is -2.04. The van der Waals surface area contributed by atoms with Gasteiger partial charge in [0.2, 0.25) is 0 Å². The van der Waals surface area contributed by atoms with Crippen LogP contribution in [0.1, 0.15) is 42.5 Å². The van der Waals surface area contributed by atoms with Gasteiger partial charge in [0.15, 0.2) is 0 Å². The second kappa shape index (κ2) is 6.38. The minimum Gasteiger partial charge on any atom is -0.453 e. The van der Waals surface area contributed by atoms with Gasteiger partial charge in [-0.15, -0.1) is 0 Å². The van der Waals surface area contributed by atoms with Gasteiger partial charge in [0.1, 0.15) is 0 Å². The molecule has 0 radical (unpaired) electrons. The Kier molecular flexibility index (Phi) is 4.32. The van der Waals surface area contributed by atoms with Crippen LogP contribution >= 0.6 is 0 Å². The minimum atomic E-state index is -0.530. The van der Waals surface area contributed by atoms with Crippen LogP contribution in [0, 0.1) is 5.92 Å². The maximum atomic E-state index is 12.8. The summed E-state index contributed by atoms with van der Waals surface area (Å²) in [6.45, 7) is 0.842. The molecule has 1 saturated carbocycles. The standard InChI is InChI=1S/C17H22N2O3/c1-22-17(21)18-14-8-3-7-13(11-14)16(20)19-10-4-9-15(19)12-5-2-6-12/h3,7-8,11-12,15H,2,4-6,9-10H2,1H3,(H,18,21). The quantitative estimate of drug-likeness (QED) is 0.932. The number of methoxy groups -OCH3 is 1. The summed E-state index contributed by atoms with van der Waals surface area (Å²) in [5, 5.41) is 2.60. The molecule has 2 fully saturated rings. The lowest BCUT2D eigenvalue weighted by molar-refractivity contribution is 0.0626. The van der Waals surface area contributed by atoms with E-state index in [0.717, 1.165) is 19.4 Å². The van der Waals surface area contributed by atoms with Crippen molar-refractivity contribution in [2.45, 2.75) is 38.1 Å². The topological polar surface area (TPSA) is 58.6 Å². The lowest BCUT2D eigenvalue weighted by atomic mass is 9.78. The highest BCUT2D eigenvalue weighted by molar-refractivity contribution is 5.96. The zero-order chi connectivity index (χ0) is 15.5. The van der Waals surface area contributed by atoms with Crippen molar-refractivity contribution in [2.75, 3.05) is 19.0 Å². The molecule has 5 nitrogen and oxygen atoms in total. The van der Waals surface area contributed by atoms with Gasteiger partial charge in [-0.2, -0.15) is 0 Å². The van der Waals surface area contributed by atoms with E-state index in [1.165, 1.54) is 26.4 Å². The van der Waals surface area contributed by atoms with Crippen molar-refractivity contribution < 1.29 is 14.3 Å². The molecule has 1 N–H and O–H groups in total. The fourth-order valence-corrected chi connectivity index (χ4v) is 3.42. The van der Waals surface area contributed by atoms with Gasteiger partial charge in [-0.3, -0.25) is 10.1 Å². The molecule has 1 aliphatic heterocycles. The number of benzene rings is 1. The van der Waals surface area contributed by atoms with Crippen molar-refractivity contribution in [3.8, 4) is 0 Å². The third-order valence-electron chi connectivity index (χ3n) is 4.80. The summed E-state index contributed by atoms with van der Waals surface area (Å²) >= 11 is 0. The average Bonchev–Trinajstić information content (AvgIpc) is 2.94. The van der Waals surface area contributed by atoms with Crippen molar-refractivity contribution in [3.63, 3.8) is 0 Å². The van der Waals surface area contributed by atoms with Crippen LogP contribution in [0.2, 0.25) is 0 Å². The van der Waals surface area contributed by atoms with E-state index >= 15 is 0 Å². The molecule has 1 saturated heterocycles. The predicted octanol–water partition coefficient (Wildman–Crippen LogP) is 3.27. The van der Waals surface area contributed by atoms with Crippen molar-refractivity contribution >= 4 is 17.7 Å². The Morgan fingerprint density at radius 3 is 2.73 bits per heavy atom. The number of likely N-dealkylation sites (tertiary alicyclic amines) is 1. The molecular weight excluding hydrogens is 280 g/mol. The second-order valence-corrected chi connectivity index (χ2v) is 6.10. The van der Waals surface area contributed by atoms with Crippen molar-refractivity contribution in [1.29, 1.82) is 0 Å². The fraction of sp³-hybridized carbons (Fsp3) is 0.529. The van der Waals surface area contributed by atoms with Gasteiger partial charge in [-0.1, -0.05) is 12.5 Å². The van der Waals surface area contributed by atoms with E-state index in [1.807, 2.05) is 4.90 Å². The first-order valence-electron chi connectivity index (χ1n) is 7.95. The van der Waals surface area contributed by atoms with E-state index in [-0.39, 0.29) is 5.91 Å². The van der Waals surface area contributed by atoms with Gasteiger partial charge in [0.05, 0.1) is 7.11 Å². The van der Waals surface area contributed by atoms with Gasteiger partial charge in [0.25, 0.3) is 5.91 Å². The summed E-state index contributed by atoms with van der Waals surface area (Å²) in [5.41, 5.74) is 1.21. The Bertz CT molecular complexity index is 569. The normalized spacial score (nSPS) is 21.3. The smallest absolute Gasteiger partial charge is 0.411 e. The second-order valence-electron chi connectivity index (χ2n) is 6.10. The summed E-state index contributed by atoms with van der Waals surface area (Å²) in [6, 6.07) is 7.46. The maximum Gasteiger partial charge on any atom is 0.411 e. The molecule has 0 spiro atoms. The van der Waals surface area contributed by atoms with E-state index in [2.05, 4.69) is 10.1 Å². The number of rotatable bonds is 3. The number of nitrogens with one attached hydrogen (secondary N) is 1. The highest BCUT2D eigenvalue weighted by Gasteiger charge is 2.37. The summed E-state index contributed by atoms with van der Waals surface area (Å²) in [4.78, 5) is 26.1. The van der Waals surface area contributed by atoms with Crippen LogP contribution < -0.4 is 5.32 Å². The maximum absolute atomic E-state index is 12.8. The Labute approximate surface area is 130 Å². The van der Waals surface area contributed by atoms with Gasteiger partial charge in [-0.25, -0.2) is 4.79 Å². The first kappa shape index (κ1) is 14.9. The number of ether oxygens (including phenoxy) is 1. The molecule has 0 aromatic heterocycles. The highest BCUT2D eigenvalue weighted by Crippen LogP contribution is 2.37. The SMILES string of the molecule is COC(=O)Nc1cccc(C(=O)N2CCCC2C2CCC2)c1. The number of carbonyl (C=O) groups excluding carboxylic acids is 2. The number of anilines is 1. The summed E-state index contributed by atoms with van der Waals surface area (Å²) in [6.07, 6.45) is 5.47. The van der Waals surface area contributed by atoms with Crippen LogP contribution in [-0.2, 0) is 4.74 Å². The third kappa shape index (κ3) is 2.93. The number of amides is 2. The monoisotopic (exact) mass is 302 g/mol. The molecule has 1 aromatic carbocycles. The molecule has 2 amide bonds. The van der Waals surface area contributed by atoms with Crippen LogP contribution in [-0.4, -0.2) is 36.6 Å². The molecular formula is C17H22N2O3. The molecule has 22 heavy (non-hydrogen) atoms. The van der Waals surface area contributed by atoms with Gasteiger partial charge < -0.3 is 9.64 Å². The van der Waals surface area contributed by atoms with Crippen molar-refractivity contribution in [1.82, 2.24) is 4.90 Å². The average molecular weight is 302 g/mol. The van der Waals surface area contributed by atoms with Crippen LogP contribution in [0.15, 0.2) is 24.3 Å². The van der Waals surface area contributed by atoms with Crippen molar-refractivity contribution in [2.24, 2.45) is 5.92 Å². The Balaban J connectivity index is 1.73. The molecule has 0 bridgehead atoms. The molecule has 1 unspecified atom stereocenters. The largest absolute Gasteiger partial charge is 0.453 e. The van der Waals surface area contributed by atoms with Crippen LogP contribution in [0.25, 0.3) is 0 Å². The van der Waals surface area contributed by atoms with Crippen LogP contribution in [0.3, 0.4) is 0 Å². The van der Waals surface area contributed by atoms with Gasteiger partial charge in [-0.05, 0) is 49.8 Å². The minimum absolute atomic E-state index is 0.0721. The van der Waals surface area contributed by atoms with E-state index in [0.29, 0.717) is 23.2 Å². The fourth-order valence-electron chi connectivity index (χ4n) is 3.42. The Morgan fingerprint density at radius 2 is 2.05 bits per heavy atom. The highest BCUT2D eigenvalue weighted by atomic mass is 16.5. The van der Waals surface area contributed by atoms with E-state index in [1.54, 1.807) is 24.3 Å². The predicted molar refractivity (Wildman–Crippen MR) is 83.9 cm³/mol. The first-order chi connectivity index (χ1) is 10.7. The van der Waals surface area contributed by atoms with Gasteiger partial charge in [0, 0.05) is 23.8 Å². The first-order valence-corrected chi connectivity index (χ1v) is 7.95. The molecule has 1 aliphatic carbocycles. The van der Waals surface area contributed by atoms with Gasteiger partial charge >= 0.3 is 6.09 Å². The lowest BCUT2D eigenvalue weighted by Gasteiger charge is -2.37.